The van der Waals surface area contributed by atoms with E-state index in [-0.39, 0.29) is 23.4 Å². The number of rotatable bonds is 6. The lowest BCUT2D eigenvalue weighted by Crippen LogP contribution is -2.53. The summed E-state index contributed by atoms with van der Waals surface area (Å²) < 4.78 is 40.8. The summed E-state index contributed by atoms with van der Waals surface area (Å²) in [7, 11) is 0. The van der Waals surface area contributed by atoms with Gasteiger partial charge in [0.05, 0.1) is 11.5 Å². The number of likely N-dealkylation sites (tertiary alicyclic amines) is 1. The van der Waals surface area contributed by atoms with Crippen LogP contribution in [0.3, 0.4) is 0 Å². The van der Waals surface area contributed by atoms with Gasteiger partial charge in [0.1, 0.15) is 17.5 Å². The van der Waals surface area contributed by atoms with Crippen molar-refractivity contribution in [2.24, 2.45) is 0 Å². The molecule has 0 spiro atoms. The van der Waals surface area contributed by atoms with Crippen LogP contribution in [0.5, 0.6) is 0 Å². The Kier molecular flexibility index (Phi) is 7.74. The number of carbonyl (C=O) groups is 2. The van der Waals surface area contributed by atoms with E-state index in [0.29, 0.717) is 42.6 Å². The van der Waals surface area contributed by atoms with Gasteiger partial charge in [-0.3, -0.25) is 9.59 Å². The van der Waals surface area contributed by atoms with Crippen molar-refractivity contribution < 1.29 is 22.8 Å². The average Bonchev–Trinajstić information content (AvgIpc) is 2.97. The van der Waals surface area contributed by atoms with Gasteiger partial charge in [-0.15, -0.1) is 0 Å². The highest BCUT2D eigenvalue weighted by atomic mass is 19.1. The fraction of sp³-hybridized carbons (Fsp3) is 0.212. The predicted octanol–water partition coefficient (Wildman–Crippen LogP) is 6.82. The molecule has 204 valence electrons. The lowest BCUT2D eigenvalue weighted by Gasteiger charge is -2.41. The minimum absolute atomic E-state index is 0.146. The number of carbonyl (C=O) groups excluding carboxylic acids is 2. The van der Waals surface area contributed by atoms with Crippen molar-refractivity contribution in [1.29, 1.82) is 0 Å². The van der Waals surface area contributed by atoms with Crippen molar-refractivity contribution in [3.8, 4) is 11.1 Å². The largest absolute Gasteiger partial charge is 0.349 e. The van der Waals surface area contributed by atoms with E-state index in [9.17, 15) is 22.8 Å². The number of hydrogen-bond acceptors (Lipinski definition) is 2. The summed E-state index contributed by atoms with van der Waals surface area (Å²) in [6.07, 6.45) is 0.694. The number of piperidine rings is 1. The molecule has 1 aliphatic heterocycles. The van der Waals surface area contributed by atoms with Crippen LogP contribution in [0.1, 0.15) is 47.3 Å². The molecule has 1 fully saturated rings. The van der Waals surface area contributed by atoms with Gasteiger partial charge in [-0.05, 0) is 90.6 Å². The second kappa shape index (κ2) is 11.4. The van der Waals surface area contributed by atoms with Gasteiger partial charge in [-0.1, -0.05) is 48.5 Å². The van der Waals surface area contributed by atoms with Crippen molar-refractivity contribution >= 4 is 11.8 Å². The van der Waals surface area contributed by atoms with Gasteiger partial charge in [-0.25, -0.2) is 13.2 Å². The Morgan fingerprint density at radius 3 is 1.88 bits per heavy atom. The molecule has 1 saturated heterocycles. The lowest BCUT2D eigenvalue weighted by molar-refractivity contribution is -0.129. The van der Waals surface area contributed by atoms with Crippen LogP contribution in [0.25, 0.3) is 11.1 Å². The van der Waals surface area contributed by atoms with E-state index in [0.717, 1.165) is 11.1 Å². The van der Waals surface area contributed by atoms with E-state index >= 15 is 0 Å². The quantitative estimate of drug-likeness (QED) is 0.291. The van der Waals surface area contributed by atoms with E-state index in [1.807, 2.05) is 12.1 Å². The van der Waals surface area contributed by atoms with Crippen LogP contribution in [0.15, 0.2) is 97.1 Å². The zero-order chi connectivity index (χ0) is 28.3. The molecule has 0 saturated carbocycles. The highest BCUT2D eigenvalue weighted by molar-refractivity contribution is 5.95. The minimum Gasteiger partial charge on any atom is -0.349 e. The van der Waals surface area contributed by atoms with Gasteiger partial charge >= 0.3 is 0 Å². The first-order valence-electron chi connectivity index (χ1n) is 13.2. The van der Waals surface area contributed by atoms with Crippen LogP contribution >= 0.6 is 0 Å². The number of halogens is 3. The van der Waals surface area contributed by atoms with Crippen LogP contribution in [-0.2, 0) is 10.2 Å². The van der Waals surface area contributed by atoms with Crippen LogP contribution < -0.4 is 5.32 Å². The minimum atomic E-state index is -0.974. The molecule has 0 aromatic heterocycles. The maximum absolute atomic E-state index is 13.8. The molecule has 1 unspecified atom stereocenters. The Bertz CT molecular complexity index is 1490. The summed E-state index contributed by atoms with van der Waals surface area (Å²) in [4.78, 5) is 28.8. The zero-order valence-corrected chi connectivity index (χ0v) is 22.0. The monoisotopic (exact) mass is 542 g/mol. The summed E-state index contributed by atoms with van der Waals surface area (Å²) in [6.45, 7) is 2.45. The standard InChI is InChI=1S/C33H29F3N2O2/c1-22(26-3-2-4-30(36)21-26)37-32(40)33(27-11-15-29(35)16-12-27)17-19-38(20-18-33)31(39)25-7-5-23(6-8-25)24-9-13-28(34)14-10-24/h2-16,21-22H,17-20H2,1H3,(H,37,40). The molecule has 0 radical (unpaired) electrons. The van der Waals surface area contributed by atoms with E-state index in [2.05, 4.69) is 5.32 Å². The molecule has 0 bridgehead atoms. The predicted molar refractivity (Wildman–Crippen MR) is 148 cm³/mol. The number of benzene rings is 4. The molecule has 5 rings (SSSR count). The summed E-state index contributed by atoms with van der Waals surface area (Å²) >= 11 is 0. The van der Waals surface area contributed by atoms with E-state index in [1.54, 1.807) is 60.4 Å². The smallest absolute Gasteiger partial charge is 0.253 e. The molecule has 1 N–H and O–H groups in total. The first-order valence-corrected chi connectivity index (χ1v) is 13.2. The summed E-state index contributed by atoms with van der Waals surface area (Å²) in [5.41, 5.74) is 2.58. The third kappa shape index (κ3) is 5.64. The molecule has 1 aliphatic rings. The van der Waals surface area contributed by atoms with Crippen LogP contribution in [0, 0.1) is 17.5 Å². The van der Waals surface area contributed by atoms with Crippen molar-refractivity contribution in [3.63, 3.8) is 0 Å². The maximum Gasteiger partial charge on any atom is 0.253 e. The van der Waals surface area contributed by atoms with Gasteiger partial charge in [-0.2, -0.15) is 0 Å². The molecular weight excluding hydrogens is 513 g/mol. The Morgan fingerprint density at radius 1 is 0.750 bits per heavy atom. The highest BCUT2D eigenvalue weighted by Crippen LogP contribution is 2.37. The molecule has 0 aliphatic carbocycles. The first-order chi connectivity index (χ1) is 19.2. The van der Waals surface area contributed by atoms with Crippen molar-refractivity contribution in [1.82, 2.24) is 10.2 Å². The van der Waals surface area contributed by atoms with Gasteiger partial charge < -0.3 is 10.2 Å². The van der Waals surface area contributed by atoms with E-state index in [1.165, 1.54) is 36.4 Å². The average molecular weight is 543 g/mol. The highest BCUT2D eigenvalue weighted by Gasteiger charge is 2.44. The molecule has 4 nitrogen and oxygen atoms in total. The number of nitrogens with one attached hydrogen (secondary N) is 1. The fourth-order valence-corrected chi connectivity index (χ4v) is 5.33. The third-order valence-corrected chi connectivity index (χ3v) is 7.74. The normalized spacial score (nSPS) is 15.3. The summed E-state index contributed by atoms with van der Waals surface area (Å²) in [5, 5.41) is 3.02. The molecule has 2 amide bonds. The SMILES string of the molecule is CC(NC(=O)C1(c2ccc(F)cc2)CCN(C(=O)c2ccc(-c3ccc(F)cc3)cc2)CC1)c1cccc(F)c1. The number of amides is 2. The molecule has 4 aromatic rings. The van der Waals surface area contributed by atoms with Gasteiger partial charge in [0.25, 0.3) is 5.91 Å². The van der Waals surface area contributed by atoms with Gasteiger partial charge in [0, 0.05) is 18.7 Å². The van der Waals surface area contributed by atoms with Gasteiger partial charge in [0.15, 0.2) is 0 Å². The number of nitrogens with zero attached hydrogens (tertiary/aromatic N) is 1. The summed E-state index contributed by atoms with van der Waals surface area (Å²) in [5.74, 6) is -1.48. The molecule has 4 aromatic carbocycles. The van der Waals surface area contributed by atoms with Gasteiger partial charge in [0.2, 0.25) is 5.91 Å². The van der Waals surface area contributed by atoms with Crippen molar-refractivity contribution in [3.05, 3.63) is 131 Å². The third-order valence-electron chi connectivity index (χ3n) is 7.74. The lowest BCUT2D eigenvalue weighted by atomic mass is 9.71. The van der Waals surface area contributed by atoms with E-state index < -0.39 is 17.3 Å². The first kappa shape index (κ1) is 27.2. The Labute approximate surface area is 231 Å². The maximum atomic E-state index is 13.8. The fourth-order valence-electron chi connectivity index (χ4n) is 5.33. The molecule has 40 heavy (non-hydrogen) atoms. The van der Waals surface area contributed by atoms with E-state index in [4.69, 9.17) is 0 Å². The second-order valence-electron chi connectivity index (χ2n) is 10.2. The molecule has 1 atom stereocenters. The van der Waals surface area contributed by atoms with Crippen LogP contribution in [0.2, 0.25) is 0 Å². The topological polar surface area (TPSA) is 49.4 Å². The molecular formula is C33H29F3N2O2. The van der Waals surface area contributed by atoms with Crippen LogP contribution in [0.4, 0.5) is 13.2 Å². The molecule has 7 heteroatoms. The Morgan fingerprint density at radius 2 is 1.30 bits per heavy atom. The van der Waals surface area contributed by atoms with Crippen molar-refractivity contribution in [2.45, 2.75) is 31.2 Å². The zero-order valence-electron chi connectivity index (χ0n) is 22.0. The van der Waals surface area contributed by atoms with Crippen LogP contribution in [-0.4, -0.2) is 29.8 Å². The summed E-state index contributed by atoms with van der Waals surface area (Å²) in [6, 6.07) is 24.9. The number of hydrogen-bond donors (Lipinski definition) is 1. The second-order valence-corrected chi connectivity index (χ2v) is 10.2. The molecule has 1 heterocycles. The Hall–Kier alpha value is -4.39. The Balaban J connectivity index is 1.33. The van der Waals surface area contributed by atoms with Crippen molar-refractivity contribution in [2.75, 3.05) is 13.1 Å².